The molecule has 9 heteroatoms. The van der Waals surface area contributed by atoms with E-state index in [2.05, 4.69) is 14.9 Å². The summed E-state index contributed by atoms with van der Waals surface area (Å²) in [6.45, 7) is 6.59. The van der Waals surface area contributed by atoms with E-state index in [0.29, 0.717) is 43.6 Å². The summed E-state index contributed by atoms with van der Waals surface area (Å²) in [7, 11) is 0. The third-order valence-electron chi connectivity index (χ3n) is 6.34. The van der Waals surface area contributed by atoms with Crippen LogP contribution in [0, 0.1) is 11.7 Å². The zero-order chi connectivity index (χ0) is 24.3. The highest BCUT2D eigenvalue weighted by Gasteiger charge is 2.27. The minimum Gasteiger partial charge on any atom is -0.476 e. The second-order valence-electron chi connectivity index (χ2n) is 9.88. The van der Waals surface area contributed by atoms with Crippen LogP contribution in [0.15, 0.2) is 30.6 Å². The molecule has 3 heterocycles. The van der Waals surface area contributed by atoms with Crippen molar-refractivity contribution in [3.05, 3.63) is 42.0 Å². The van der Waals surface area contributed by atoms with Gasteiger partial charge in [-0.3, -0.25) is 4.79 Å². The first-order valence-corrected chi connectivity index (χ1v) is 11.8. The lowest BCUT2D eigenvalue weighted by Crippen LogP contribution is -2.41. The molecule has 2 aromatic rings. The zero-order valence-corrected chi connectivity index (χ0v) is 19.7. The number of carbonyl (C=O) groups excluding carboxylic acids is 1. The Balaban J connectivity index is 1.30. The summed E-state index contributed by atoms with van der Waals surface area (Å²) in [5.41, 5.74) is -0.347. The number of halogens is 2. The summed E-state index contributed by atoms with van der Waals surface area (Å²) in [4.78, 5) is 24.7. The van der Waals surface area contributed by atoms with E-state index < -0.39 is 17.6 Å². The Hall–Kier alpha value is -2.65. The van der Waals surface area contributed by atoms with Gasteiger partial charge >= 0.3 is 0 Å². The third-order valence-corrected chi connectivity index (χ3v) is 6.34. The van der Waals surface area contributed by atoms with Crippen molar-refractivity contribution >= 4 is 5.91 Å². The molecule has 7 nitrogen and oxygen atoms in total. The maximum atomic E-state index is 14.7. The number of hydrogen-bond acceptors (Lipinski definition) is 6. The highest BCUT2D eigenvalue weighted by molar-refractivity contribution is 5.95. The quantitative estimate of drug-likeness (QED) is 0.663. The molecule has 1 amide bonds. The molecule has 1 aromatic heterocycles. The number of aliphatic hydroxyl groups is 1. The summed E-state index contributed by atoms with van der Waals surface area (Å²) in [5.74, 6) is -0.108. The molecule has 2 aliphatic rings. The number of benzene rings is 1. The van der Waals surface area contributed by atoms with Crippen LogP contribution in [0.5, 0.6) is 5.88 Å². The fraction of sp³-hybridized carbons (Fsp3) is 0.560. The lowest BCUT2D eigenvalue weighted by Gasteiger charge is -2.34. The number of carbonyl (C=O) groups is 1. The predicted molar refractivity (Wildman–Crippen MR) is 124 cm³/mol. The van der Waals surface area contributed by atoms with Crippen molar-refractivity contribution in [2.24, 2.45) is 5.92 Å². The second kappa shape index (κ2) is 10.3. The van der Waals surface area contributed by atoms with E-state index in [1.165, 1.54) is 29.4 Å². The van der Waals surface area contributed by atoms with Gasteiger partial charge in [-0.2, -0.15) is 0 Å². The zero-order valence-electron chi connectivity index (χ0n) is 19.7. The molecule has 2 aliphatic heterocycles. The summed E-state index contributed by atoms with van der Waals surface area (Å²) < 4.78 is 34.3. The molecular formula is C25H32F2N4O3. The summed E-state index contributed by atoms with van der Waals surface area (Å²) in [5, 5.41) is 9.62. The average Bonchev–Trinajstić information content (AvgIpc) is 3.24. The van der Waals surface area contributed by atoms with Crippen LogP contribution in [0.3, 0.4) is 0 Å². The van der Waals surface area contributed by atoms with E-state index in [0.717, 1.165) is 25.9 Å². The van der Waals surface area contributed by atoms with Gasteiger partial charge in [0.1, 0.15) is 11.5 Å². The molecule has 1 N–H and O–H groups in total. The molecule has 0 spiro atoms. The average molecular weight is 475 g/mol. The van der Waals surface area contributed by atoms with Crippen LogP contribution < -0.4 is 4.74 Å². The number of ether oxygens (including phenoxy) is 1. The Morgan fingerprint density at radius 1 is 1.18 bits per heavy atom. The minimum absolute atomic E-state index is 0.240. The van der Waals surface area contributed by atoms with E-state index in [1.807, 2.05) is 0 Å². The van der Waals surface area contributed by atoms with Gasteiger partial charge in [0.15, 0.2) is 0 Å². The number of amides is 1. The van der Waals surface area contributed by atoms with Crippen molar-refractivity contribution in [3.8, 4) is 17.1 Å². The number of aromatic nitrogens is 2. The smallest absolute Gasteiger partial charge is 0.254 e. The number of alkyl halides is 1. The summed E-state index contributed by atoms with van der Waals surface area (Å²) in [6, 6.07) is 4.28. The third kappa shape index (κ3) is 6.27. The monoisotopic (exact) mass is 474 g/mol. The molecule has 0 aliphatic carbocycles. The number of hydrogen-bond donors (Lipinski definition) is 1. The Morgan fingerprint density at radius 2 is 1.94 bits per heavy atom. The van der Waals surface area contributed by atoms with Crippen molar-refractivity contribution in [2.75, 3.05) is 39.3 Å². The first-order valence-electron chi connectivity index (χ1n) is 11.8. The maximum Gasteiger partial charge on any atom is 0.254 e. The molecule has 2 fully saturated rings. The molecule has 1 unspecified atom stereocenters. The molecule has 34 heavy (non-hydrogen) atoms. The summed E-state index contributed by atoms with van der Waals surface area (Å²) >= 11 is 0. The predicted octanol–water partition coefficient (Wildman–Crippen LogP) is 3.33. The van der Waals surface area contributed by atoms with Crippen LogP contribution in [0.4, 0.5) is 8.78 Å². The number of aliphatic hydroxyl groups excluding tert-OH is 1. The van der Waals surface area contributed by atoms with E-state index in [9.17, 15) is 18.7 Å². The van der Waals surface area contributed by atoms with Crippen molar-refractivity contribution in [3.63, 3.8) is 0 Å². The molecule has 2 saturated heterocycles. The Labute approximate surface area is 198 Å². The molecule has 1 aromatic carbocycles. The largest absolute Gasteiger partial charge is 0.476 e. The molecule has 184 valence electrons. The first kappa shape index (κ1) is 24.5. The van der Waals surface area contributed by atoms with Gasteiger partial charge in [-0.05, 0) is 70.3 Å². The first-order chi connectivity index (χ1) is 16.2. The van der Waals surface area contributed by atoms with E-state index in [1.54, 1.807) is 19.9 Å². The van der Waals surface area contributed by atoms with Gasteiger partial charge in [-0.15, -0.1) is 0 Å². The lowest BCUT2D eigenvalue weighted by molar-refractivity contribution is 0.0764. The highest BCUT2D eigenvalue weighted by atomic mass is 19.1. The molecule has 0 bridgehead atoms. The Morgan fingerprint density at radius 3 is 2.53 bits per heavy atom. The lowest BCUT2D eigenvalue weighted by atomic mass is 9.97. The number of β-amino-alcohol motifs (C(OH)–C–C–N with tert-alkyl or cyclic N) is 1. The Bertz CT molecular complexity index is 989. The standard InChI is InChI=1S/C25H32F2N4O3/c1-25(2,27)16-30-8-5-17(6-9-30)15-34-23-13-28-22(12-29-23)20-4-3-18(11-21(20)26)24(33)31-10-7-19(32)14-31/h3-4,11-13,17,19,32H,5-10,14-16H2,1-2H3. The van der Waals surface area contributed by atoms with Crippen LogP contribution in [0.2, 0.25) is 0 Å². The molecule has 0 radical (unpaired) electrons. The van der Waals surface area contributed by atoms with Gasteiger partial charge < -0.3 is 19.6 Å². The van der Waals surface area contributed by atoms with E-state index >= 15 is 0 Å². The molecule has 0 saturated carbocycles. The van der Waals surface area contributed by atoms with Gasteiger partial charge in [-0.25, -0.2) is 18.7 Å². The van der Waals surface area contributed by atoms with Gasteiger partial charge in [0.2, 0.25) is 5.88 Å². The van der Waals surface area contributed by atoms with Crippen LogP contribution in [-0.4, -0.2) is 81.9 Å². The normalized spacial score (nSPS) is 20.0. The van der Waals surface area contributed by atoms with Crippen molar-refractivity contribution in [1.82, 2.24) is 19.8 Å². The van der Waals surface area contributed by atoms with Gasteiger partial charge in [0, 0.05) is 30.8 Å². The van der Waals surface area contributed by atoms with Crippen LogP contribution in [-0.2, 0) is 0 Å². The van der Waals surface area contributed by atoms with Crippen molar-refractivity contribution in [2.45, 2.75) is 44.9 Å². The molecular weight excluding hydrogens is 442 g/mol. The number of nitrogens with zero attached hydrogens (tertiary/aromatic N) is 4. The van der Waals surface area contributed by atoms with Crippen LogP contribution >= 0.6 is 0 Å². The maximum absolute atomic E-state index is 14.7. The summed E-state index contributed by atoms with van der Waals surface area (Å²) in [6.07, 6.45) is 4.82. The SMILES string of the molecule is CC(C)(F)CN1CCC(COc2cnc(-c3ccc(C(=O)N4CCC(O)C4)cc3F)cn2)CC1. The van der Waals surface area contributed by atoms with E-state index in [4.69, 9.17) is 4.74 Å². The van der Waals surface area contributed by atoms with Crippen LogP contribution in [0.1, 0.15) is 43.5 Å². The van der Waals surface area contributed by atoms with Crippen molar-refractivity contribution in [1.29, 1.82) is 0 Å². The minimum atomic E-state index is -1.19. The van der Waals surface area contributed by atoms with Crippen molar-refractivity contribution < 1.29 is 23.4 Å². The Kier molecular flexibility index (Phi) is 7.42. The fourth-order valence-electron chi connectivity index (χ4n) is 4.54. The number of piperidine rings is 1. The topological polar surface area (TPSA) is 78.8 Å². The highest BCUT2D eigenvalue weighted by Crippen LogP contribution is 2.25. The molecule has 1 atom stereocenters. The van der Waals surface area contributed by atoms with Crippen LogP contribution in [0.25, 0.3) is 11.3 Å². The second-order valence-corrected chi connectivity index (χ2v) is 9.88. The van der Waals surface area contributed by atoms with Gasteiger partial charge in [-0.1, -0.05) is 0 Å². The number of likely N-dealkylation sites (tertiary alicyclic amines) is 2. The van der Waals surface area contributed by atoms with Gasteiger partial charge in [0.25, 0.3) is 5.91 Å². The van der Waals surface area contributed by atoms with E-state index in [-0.39, 0.29) is 23.6 Å². The number of rotatable bonds is 7. The molecule has 4 rings (SSSR count). The van der Waals surface area contributed by atoms with Gasteiger partial charge in [0.05, 0.1) is 30.8 Å². The fourth-order valence-corrected chi connectivity index (χ4v) is 4.54.